The second-order valence-electron chi connectivity index (χ2n) is 8.24. The van der Waals surface area contributed by atoms with Gasteiger partial charge in [-0.15, -0.1) is 0 Å². The molecule has 1 N–H and O–H groups in total. The Morgan fingerprint density at radius 1 is 1.06 bits per heavy atom. The van der Waals surface area contributed by atoms with E-state index in [9.17, 15) is 14.7 Å². The van der Waals surface area contributed by atoms with Crippen LogP contribution in [-0.4, -0.2) is 59.4 Å². The lowest BCUT2D eigenvalue weighted by Gasteiger charge is -2.28. The first-order valence-electron chi connectivity index (χ1n) is 11.9. The summed E-state index contributed by atoms with van der Waals surface area (Å²) in [5.74, 6) is -0.788. The Balaban J connectivity index is 2.03. The van der Waals surface area contributed by atoms with Crippen LogP contribution in [0.2, 0.25) is 0 Å². The van der Waals surface area contributed by atoms with Crippen molar-refractivity contribution >= 4 is 17.4 Å². The number of carbonyl (C=O) groups excluding carboxylic acids is 2. The molecule has 1 heterocycles. The molecular weight excluding hydrogens is 428 g/mol. The first-order chi connectivity index (χ1) is 16.4. The minimum Gasteiger partial charge on any atom is -0.507 e. The van der Waals surface area contributed by atoms with Crippen LogP contribution in [-0.2, 0) is 16.0 Å². The first kappa shape index (κ1) is 25.2. The zero-order valence-corrected chi connectivity index (χ0v) is 20.3. The second-order valence-corrected chi connectivity index (χ2v) is 8.24. The number of aliphatic hydroxyl groups excluding tert-OH is 1. The van der Waals surface area contributed by atoms with E-state index in [4.69, 9.17) is 4.74 Å². The van der Waals surface area contributed by atoms with Crippen LogP contribution >= 0.6 is 0 Å². The van der Waals surface area contributed by atoms with Crippen LogP contribution in [0.15, 0.2) is 66.8 Å². The van der Waals surface area contributed by atoms with Gasteiger partial charge in [0.2, 0.25) is 0 Å². The molecule has 0 aromatic heterocycles. The van der Waals surface area contributed by atoms with Crippen molar-refractivity contribution in [1.29, 1.82) is 0 Å². The van der Waals surface area contributed by atoms with Crippen molar-refractivity contribution in [2.75, 3.05) is 32.8 Å². The first-order valence-corrected chi connectivity index (χ1v) is 11.9. The van der Waals surface area contributed by atoms with Crippen molar-refractivity contribution < 1.29 is 19.4 Å². The second kappa shape index (κ2) is 11.7. The van der Waals surface area contributed by atoms with Crippen molar-refractivity contribution in [3.8, 4) is 5.75 Å². The molecule has 1 amide bonds. The number of ketones is 1. The number of carbonyl (C=O) groups is 2. The Morgan fingerprint density at radius 2 is 1.71 bits per heavy atom. The maximum absolute atomic E-state index is 13.2. The van der Waals surface area contributed by atoms with Crippen molar-refractivity contribution in [1.82, 2.24) is 9.80 Å². The zero-order chi connectivity index (χ0) is 24.7. The van der Waals surface area contributed by atoms with Gasteiger partial charge in [-0.2, -0.15) is 0 Å². The van der Waals surface area contributed by atoms with E-state index in [0.29, 0.717) is 31.0 Å². The number of amides is 1. The van der Waals surface area contributed by atoms with E-state index < -0.39 is 17.7 Å². The van der Waals surface area contributed by atoms with Gasteiger partial charge < -0.3 is 19.6 Å². The van der Waals surface area contributed by atoms with Crippen LogP contribution in [0.4, 0.5) is 0 Å². The number of rotatable bonds is 11. The molecule has 1 atom stereocenters. The minimum absolute atomic E-state index is 0.119. The third kappa shape index (κ3) is 5.39. The van der Waals surface area contributed by atoms with Gasteiger partial charge in [0.25, 0.3) is 11.7 Å². The Kier molecular flexibility index (Phi) is 8.66. The van der Waals surface area contributed by atoms with Gasteiger partial charge in [0, 0.05) is 18.7 Å². The number of hydrogen-bond donors (Lipinski definition) is 1. The number of likely N-dealkylation sites (tertiary alicyclic amines) is 1. The highest BCUT2D eigenvalue weighted by molar-refractivity contribution is 6.46. The highest BCUT2D eigenvalue weighted by Gasteiger charge is 2.45. The predicted molar refractivity (Wildman–Crippen MR) is 135 cm³/mol. The van der Waals surface area contributed by atoms with Gasteiger partial charge >= 0.3 is 0 Å². The standard InChI is InChI=1S/C28H34N2O4/c1-5-19-34-23-15-13-22(14-16-23)26(31)24-25(21-11-9-20(6-2)10-12-21)30(28(33)27(24)32)18-17-29(7-3)8-4/h5,9-16,25,31H,1,6-8,17-19H2,2-4H3/t25-/m1/s1. The van der Waals surface area contributed by atoms with Crippen molar-refractivity contribution in [3.05, 3.63) is 83.4 Å². The SMILES string of the molecule is C=CCOc1ccc(C(O)=C2C(=O)C(=O)N(CCN(CC)CC)[C@@H]2c2ccc(CC)cc2)cc1. The summed E-state index contributed by atoms with van der Waals surface area (Å²) in [6.07, 6.45) is 2.54. The Morgan fingerprint density at radius 3 is 2.26 bits per heavy atom. The molecule has 6 heteroatoms. The van der Waals surface area contributed by atoms with Gasteiger partial charge in [-0.25, -0.2) is 0 Å². The van der Waals surface area contributed by atoms with Gasteiger partial charge in [0.05, 0.1) is 11.6 Å². The maximum Gasteiger partial charge on any atom is 0.295 e. The molecule has 0 radical (unpaired) electrons. The number of Topliss-reactive ketones (excluding diaryl/α,β-unsaturated/α-hetero) is 1. The summed E-state index contributed by atoms with van der Waals surface area (Å²) < 4.78 is 5.51. The summed E-state index contributed by atoms with van der Waals surface area (Å²) in [6.45, 7) is 13.0. The van der Waals surface area contributed by atoms with E-state index in [1.54, 1.807) is 35.2 Å². The van der Waals surface area contributed by atoms with Crippen LogP contribution in [0.3, 0.4) is 0 Å². The molecule has 2 aromatic rings. The largest absolute Gasteiger partial charge is 0.507 e. The van der Waals surface area contributed by atoms with E-state index in [1.165, 1.54) is 5.56 Å². The summed E-state index contributed by atoms with van der Waals surface area (Å²) >= 11 is 0. The highest BCUT2D eigenvalue weighted by Crippen LogP contribution is 2.39. The van der Waals surface area contributed by atoms with E-state index >= 15 is 0 Å². The molecule has 3 rings (SSSR count). The number of hydrogen-bond acceptors (Lipinski definition) is 5. The molecule has 0 unspecified atom stereocenters. The third-order valence-corrected chi connectivity index (χ3v) is 6.29. The molecular formula is C28H34N2O4. The summed E-state index contributed by atoms with van der Waals surface area (Å²) in [4.78, 5) is 30.1. The number of aliphatic hydroxyl groups is 1. The Bertz CT molecular complexity index is 1040. The topological polar surface area (TPSA) is 70.1 Å². The van der Waals surface area contributed by atoms with Crippen molar-refractivity contribution in [2.45, 2.75) is 33.2 Å². The van der Waals surface area contributed by atoms with Gasteiger partial charge in [-0.1, -0.05) is 57.7 Å². The molecule has 2 aromatic carbocycles. The minimum atomic E-state index is -0.659. The normalized spacial score (nSPS) is 17.4. The van der Waals surface area contributed by atoms with Crippen LogP contribution in [0, 0.1) is 0 Å². The molecule has 6 nitrogen and oxygen atoms in total. The number of nitrogens with zero attached hydrogens (tertiary/aromatic N) is 2. The van der Waals surface area contributed by atoms with E-state index in [0.717, 1.165) is 25.1 Å². The predicted octanol–water partition coefficient (Wildman–Crippen LogP) is 4.58. The quantitative estimate of drug-likeness (QED) is 0.229. The molecule has 0 spiro atoms. The number of ether oxygens (including phenoxy) is 1. The van der Waals surface area contributed by atoms with Crippen LogP contribution in [0.5, 0.6) is 5.75 Å². The van der Waals surface area contributed by atoms with Crippen LogP contribution < -0.4 is 4.74 Å². The fourth-order valence-electron chi connectivity index (χ4n) is 4.20. The molecule has 0 bridgehead atoms. The fraction of sp³-hybridized carbons (Fsp3) is 0.357. The average molecular weight is 463 g/mol. The summed E-state index contributed by atoms with van der Waals surface area (Å²) in [5.41, 5.74) is 2.55. The molecule has 1 fully saturated rings. The molecule has 34 heavy (non-hydrogen) atoms. The van der Waals surface area contributed by atoms with Gasteiger partial charge in [0.1, 0.15) is 18.1 Å². The smallest absolute Gasteiger partial charge is 0.295 e. The summed E-state index contributed by atoms with van der Waals surface area (Å²) in [5, 5.41) is 11.2. The van der Waals surface area contributed by atoms with Gasteiger partial charge in [-0.05, 0) is 54.9 Å². The lowest BCUT2D eigenvalue weighted by Crippen LogP contribution is -2.38. The number of aryl methyl sites for hydroxylation is 1. The van der Waals surface area contributed by atoms with Crippen LogP contribution in [0.25, 0.3) is 5.76 Å². The molecule has 1 saturated heterocycles. The summed E-state index contributed by atoms with van der Waals surface area (Å²) in [7, 11) is 0. The van der Waals surface area contributed by atoms with E-state index in [2.05, 4.69) is 32.3 Å². The van der Waals surface area contributed by atoms with E-state index in [1.807, 2.05) is 24.3 Å². The lowest BCUT2D eigenvalue weighted by molar-refractivity contribution is -0.140. The Labute approximate surface area is 202 Å². The number of likely N-dealkylation sites (N-methyl/N-ethyl adjacent to an activating group) is 1. The molecule has 0 saturated carbocycles. The number of benzene rings is 2. The molecule has 1 aliphatic rings. The molecule has 0 aliphatic carbocycles. The van der Waals surface area contributed by atoms with E-state index in [-0.39, 0.29) is 11.3 Å². The van der Waals surface area contributed by atoms with Crippen LogP contribution in [0.1, 0.15) is 43.5 Å². The molecule has 180 valence electrons. The van der Waals surface area contributed by atoms with Crippen molar-refractivity contribution in [3.63, 3.8) is 0 Å². The zero-order valence-electron chi connectivity index (χ0n) is 20.3. The monoisotopic (exact) mass is 462 g/mol. The molecule has 1 aliphatic heterocycles. The summed E-state index contributed by atoms with van der Waals surface area (Å²) in [6, 6.07) is 14.1. The van der Waals surface area contributed by atoms with Gasteiger partial charge in [-0.3, -0.25) is 9.59 Å². The average Bonchev–Trinajstić information content (AvgIpc) is 3.13. The van der Waals surface area contributed by atoms with Crippen molar-refractivity contribution in [2.24, 2.45) is 0 Å². The third-order valence-electron chi connectivity index (χ3n) is 6.29. The van der Waals surface area contributed by atoms with Gasteiger partial charge in [0.15, 0.2) is 0 Å². The highest BCUT2D eigenvalue weighted by atomic mass is 16.5. The fourth-order valence-corrected chi connectivity index (χ4v) is 4.20. The lowest BCUT2D eigenvalue weighted by atomic mass is 9.94. The maximum atomic E-state index is 13.2. The Hall–Kier alpha value is -3.38.